The molecule has 0 aliphatic heterocycles. The SMILES string of the molecule is CCCC1CCC(C2CCC(OC(=O)c3c(F)cccc3F)CC2)CC1. The summed E-state index contributed by atoms with van der Waals surface area (Å²) >= 11 is 0. The van der Waals surface area contributed by atoms with E-state index in [0.717, 1.165) is 55.6 Å². The Morgan fingerprint density at radius 3 is 2.04 bits per heavy atom. The minimum Gasteiger partial charge on any atom is -0.459 e. The van der Waals surface area contributed by atoms with Crippen LogP contribution in [0.3, 0.4) is 0 Å². The molecule has 2 aliphatic rings. The molecule has 0 saturated heterocycles. The van der Waals surface area contributed by atoms with Gasteiger partial charge in [0.2, 0.25) is 0 Å². The van der Waals surface area contributed by atoms with Crippen LogP contribution in [-0.4, -0.2) is 12.1 Å². The van der Waals surface area contributed by atoms with Crippen molar-refractivity contribution in [1.82, 2.24) is 0 Å². The van der Waals surface area contributed by atoms with Crippen LogP contribution in [0.4, 0.5) is 8.78 Å². The first-order valence-electron chi connectivity index (χ1n) is 10.2. The minimum atomic E-state index is -0.871. The van der Waals surface area contributed by atoms with Crippen molar-refractivity contribution in [2.24, 2.45) is 17.8 Å². The van der Waals surface area contributed by atoms with Crippen molar-refractivity contribution in [3.63, 3.8) is 0 Å². The Morgan fingerprint density at radius 2 is 1.50 bits per heavy atom. The van der Waals surface area contributed by atoms with E-state index in [1.54, 1.807) is 0 Å². The molecule has 1 aromatic carbocycles. The largest absolute Gasteiger partial charge is 0.459 e. The Bertz CT molecular complexity index is 580. The zero-order valence-corrected chi connectivity index (χ0v) is 15.7. The molecular weight excluding hydrogens is 334 g/mol. The van der Waals surface area contributed by atoms with Crippen LogP contribution in [0.1, 0.15) is 81.5 Å². The monoisotopic (exact) mass is 364 g/mol. The van der Waals surface area contributed by atoms with Crippen molar-refractivity contribution in [1.29, 1.82) is 0 Å². The van der Waals surface area contributed by atoms with E-state index >= 15 is 0 Å². The molecule has 0 unspecified atom stereocenters. The van der Waals surface area contributed by atoms with Gasteiger partial charge in [-0.15, -0.1) is 0 Å². The van der Waals surface area contributed by atoms with E-state index in [-0.39, 0.29) is 6.10 Å². The molecule has 2 nitrogen and oxygen atoms in total. The maximum atomic E-state index is 13.7. The van der Waals surface area contributed by atoms with Gasteiger partial charge in [0, 0.05) is 0 Å². The van der Waals surface area contributed by atoms with Crippen LogP contribution in [0.25, 0.3) is 0 Å². The van der Waals surface area contributed by atoms with E-state index in [1.807, 2.05) is 0 Å². The lowest BCUT2D eigenvalue weighted by molar-refractivity contribution is 0.0100. The first-order valence-corrected chi connectivity index (χ1v) is 10.2. The zero-order valence-electron chi connectivity index (χ0n) is 15.7. The van der Waals surface area contributed by atoms with Crippen LogP contribution in [0.2, 0.25) is 0 Å². The van der Waals surface area contributed by atoms with Crippen LogP contribution in [0.15, 0.2) is 18.2 Å². The van der Waals surface area contributed by atoms with Crippen molar-refractivity contribution in [3.05, 3.63) is 35.4 Å². The van der Waals surface area contributed by atoms with Gasteiger partial charge in [0.1, 0.15) is 23.3 Å². The van der Waals surface area contributed by atoms with E-state index in [2.05, 4.69) is 6.92 Å². The summed E-state index contributed by atoms with van der Waals surface area (Å²) in [5.74, 6) is -0.130. The molecule has 26 heavy (non-hydrogen) atoms. The maximum absolute atomic E-state index is 13.7. The topological polar surface area (TPSA) is 26.3 Å². The van der Waals surface area contributed by atoms with Gasteiger partial charge in [-0.1, -0.05) is 38.7 Å². The standard InChI is InChI=1S/C22H30F2O2/c1-2-4-15-7-9-16(10-8-15)17-11-13-18(14-12-17)26-22(25)21-19(23)5-3-6-20(21)24/h3,5-6,15-18H,2,4,7-14H2,1H3. The van der Waals surface area contributed by atoms with Crippen molar-refractivity contribution < 1.29 is 18.3 Å². The Kier molecular flexibility index (Phi) is 6.66. The molecule has 0 amide bonds. The van der Waals surface area contributed by atoms with E-state index in [1.165, 1.54) is 44.6 Å². The molecule has 2 fully saturated rings. The second kappa shape index (κ2) is 8.96. The highest BCUT2D eigenvalue weighted by molar-refractivity contribution is 5.90. The summed E-state index contributed by atoms with van der Waals surface area (Å²) in [6.07, 6.45) is 11.6. The average molecular weight is 364 g/mol. The van der Waals surface area contributed by atoms with E-state index < -0.39 is 23.2 Å². The number of carbonyl (C=O) groups excluding carboxylic acids is 1. The van der Waals surface area contributed by atoms with Crippen LogP contribution in [0, 0.1) is 29.4 Å². The summed E-state index contributed by atoms with van der Waals surface area (Å²) in [6, 6.07) is 3.43. The molecule has 0 spiro atoms. The highest BCUT2D eigenvalue weighted by Crippen LogP contribution is 2.41. The summed E-state index contributed by atoms with van der Waals surface area (Å²) in [4.78, 5) is 12.1. The zero-order chi connectivity index (χ0) is 18.5. The van der Waals surface area contributed by atoms with Crippen LogP contribution < -0.4 is 0 Å². The maximum Gasteiger partial charge on any atom is 0.344 e. The van der Waals surface area contributed by atoms with Crippen LogP contribution in [0.5, 0.6) is 0 Å². The molecule has 2 aliphatic carbocycles. The number of carbonyl (C=O) groups is 1. The average Bonchev–Trinajstić information content (AvgIpc) is 2.63. The van der Waals surface area contributed by atoms with E-state index in [4.69, 9.17) is 4.74 Å². The van der Waals surface area contributed by atoms with Gasteiger partial charge < -0.3 is 4.74 Å². The van der Waals surface area contributed by atoms with Crippen LogP contribution in [-0.2, 0) is 4.74 Å². The molecule has 0 radical (unpaired) electrons. The van der Waals surface area contributed by atoms with Crippen molar-refractivity contribution in [2.75, 3.05) is 0 Å². The lowest BCUT2D eigenvalue weighted by Gasteiger charge is -2.37. The summed E-state index contributed by atoms with van der Waals surface area (Å²) in [5.41, 5.74) is -0.566. The minimum absolute atomic E-state index is 0.214. The predicted molar refractivity (Wildman–Crippen MR) is 97.9 cm³/mol. The van der Waals surface area contributed by atoms with Gasteiger partial charge in [0.05, 0.1) is 0 Å². The van der Waals surface area contributed by atoms with E-state index in [9.17, 15) is 13.6 Å². The van der Waals surface area contributed by atoms with Gasteiger partial charge in [-0.3, -0.25) is 0 Å². The van der Waals surface area contributed by atoms with Gasteiger partial charge in [-0.25, -0.2) is 13.6 Å². The van der Waals surface area contributed by atoms with Crippen molar-refractivity contribution in [2.45, 2.75) is 77.2 Å². The van der Waals surface area contributed by atoms with Gasteiger partial charge in [-0.2, -0.15) is 0 Å². The number of benzene rings is 1. The number of rotatable bonds is 5. The first kappa shape index (κ1) is 19.3. The summed E-state index contributed by atoms with van der Waals surface area (Å²) in [7, 11) is 0. The quantitative estimate of drug-likeness (QED) is 0.574. The second-order valence-electron chi connectivity index (χ2n) is 8.11. The molecule has 0 heterocycles. The fraction of sp³-hybridized carbons (Fsp3) is 0.682. The molecule has 3 rings (SSSR count). The van der Waals surface area contributed by atoms with Crippen molar-refractivity contribution >= 4 is 5.97 Å². The molecule has 0 atom stereocenters. The smallest absolute Gasteiger partial charge is 0.344 e. The third kappa shape index (κ3) is 4.63. The van der Waals surface area contributed by atoms with Gasteiger partial charge >= 0.3 is 5.97 Å². The fourth-order valence-electron chi connectivity index (χ4n) is 4.94. The summed E-state index contributed by atoms with van der Waals surface area (Å²) in [5, 5.41) is 0. The molecule has 0 bridgehead atoms. The molecule has 0 N–H and O–H groups in total. The normalized spacial score (nSPS) is 29.3. The number of hydrogen-bond donors (Lipinski definition) is 0. The Labute approximate surface area is 155 Å². The molecule has 4 heteroatoms. The Balaban J connectivity index is 1.46. The lowest BCUT2D eigenvalue weighted by atomic mass is 9.70. The molecule has 0 aromatic heterocycles. The highest BCUT2D eigenvalue weighted by atomic mass is 19.1. The molecule has 2 saturated carbocycles. The predicted octanol–water partition coefficient (Wildman–Crippen LogP) is 6.29. The number of ether oxygens (including phenoxy) is 1. The first-order chi connectivity index (χ1) is 12.6. The van der Waals surface area contributed by atoms with Crippen LogP contribution >= 0.6 is 0 Å². The van der Waals surface area contributed by atoms with Gasteiger partial charge in [-0.05, 0) is 68.4 Å². The summed E-state index contributed by atoms with van der Waals surface area (Å²) < 4.78 is 32.8. The Morgan fingerprint density at radius 1 is 0.962 bits per heavy atom. The molecule has 1 aromatic rings. The van der Waals surface area contributed by atoms with Crippen molar-refractivity contribution in [3.8, 4) is 0 Å². The third-order valence-corrected chi connectivity index (χ3v) is 6.41. The number of hydrogen-bond acceptors (Lipinski definition) is 2. The summed E-state index contributed by atoms with van der Waals surface area (Å²) in [6.45, 7) is 2.27. The highest BCUT2D eigenvalue weighted by Gasteiger charge is 2.32. The van der Waals surface area contributed by atoms with E-state index in [0.29, 0.717) is 0 Å². The van der Waals surface area contributed by atoms with Gasteiger partial charge in [0.25, 0.3) is 0 Å². The number of esters is 1. The molecule has 144 valence electrons. The van der Waals surface area contributed by atoms with Gasteiger partial charge in [0.15, 0.2) is 0 Å². The lowest BCUT2D eigenvalue weighted by Crippen LogP contribution is -2.30. The fourth-order valence-corrected chi connectivity index (χ4v) is 4.94. The third-order valence-electron chi connectivity index (χ3n) is 6.41. The second-order valence-corrected chi connectivity index (χ2v) is 8.11. The Hall–Kier alpha value is -1.45. The molecular formula is C22H30F2O2. The number of halogens is 2.